The Hall–Kier alpha value is -2.55. The first-order chi connectivity index (χ1) is 12.7. The van der Waals surface area contributed by atoms with Crippen molar-refractivity contribution in [2.24, 2.45) is 0 Å². The van der Waals surface area contributed by atoms with Crippen molar-refractivity contribution in [3.05, 3.63) is 35.7 Å². The number of aromatic amines is 1. The van der Waals surface area contributed by atoms with Gasteiger partial charge in [0.2, 0.25) is 0 Å². The van der Waals surface area contributed by atoms with E-state index in [0.29, 0.717) is 30.2 Å². The lowest BCUT2D eigenvalue weighted by atomic mass is 10.2. The van der Waals surface area contributed by atoms with Crippen LogP contribution in [0.4, 0.5) is 13.2 Å². The van der Waals surface area contributed by atoms with Crippen LogP contribution in [0.1, 0.15) is 22.6 Å². The second kappa shape index (κ2) is 7.59. The number of ether oxygens (including phenoxy) is 1. The molecule has 1 aromatic carbocycles. The number of imidazole rings is 1. The lowest BCUT2D eigenvalue weighted by Crippen LogP contribution is -2.39. The number of hydrogen-bond acceptors (Lipinski definition) is 4. The zero-order chi connectivity index (χ0) is 19.6. The van der Waals surface area contributed by atoms with E-state index in [-0.39, 0.29) is 18.3 Å². The first kappa shape index (κ1) is 19.2. The molecule has 2 N–H and O–H groups in total. The lowest BCUT2D eigenvalue weighted by molar-refractivity contribution is -0.143. The Balaban J connectivity index is 1.67. The molecule has 1 saturated heterocycles. The fraction of sp³-hybridized carbons (Fsp3) is 0.444. The number of methoxy groups -OCH3 is 1. The summed E-state index contributed by atoms with van der Waals surface area (Å²) in [6, 6.07) is 6.94. The minimum atomic E-state index is -4.23. The number of hydrogen-bond donors (Lipinski definition) is 2. The number of carbonyl (C=O) groups is 1. The maximum Gasteiger partial charge on any atom is 0.401 e. The fourth-order valence-electron chi connectivity index (χ4n) is 3.19. The average Bonchev–Trinajstić information content (AvgIpc) is 3.19. The summed E-state index contributed by atoms with van der Waals surface area (Å²) in [5.74, 6) is 0.807. The Bertz CT molecular complexity index is 819. The highest BCUT2D eigenvalue weighted by molar-refractivity contribution is 5.94. The molecule has 1 unspecified atom stereocenters. The van der Waals surface area contributed by atoms with Crippen LogP contribution in [-0.4, -0.2) is 59.7 Å². The van der Waals surface area contributed by atoms with Crippen molar-refractivity contribution in [2.75, 3.05) is 26.7 Å². The standard InChI is InChI=1S/C18H21F3N4O2/c1-11-15(24-16(22-11)12-4-3-5-14(8-12)27-2)17(26)23-13-6-7-25(9-13)10-18(19,20)21/h3-5,8,13H,6-7,9-10H2,1-2H3,(H,22,24)(H,23,26). The monoisotopic (exact) mass is 382 g/mol. The highest BCUT2D eigenvalue weighted by Crippen LogP contribution is 2.23. The first-order valence-corrected chi connectivity index (χ1v) is 8.56. The van der Waals surface area contributed by atoms with Gasteiger partial charge in [-0.25, -0.2) is 4.98 Å². The van der Waals surface area contributed by atoms with Gasteiger partial charge in [0.05, 0.1) is 13.7 Å². The molecule has 2 heterocycles. The third kappa shape index (κ3) is 4.79. The van der Waals surface area contributed by atoms with Gasteiger partial charge in [0, 0.05) is 30.4 Å². The highest BCUT2D eigenvalue weighted by Gasteiger charge is 2.35. The van der Waals surface area contributed by atoms with Crippen molar-refractivity contribution in [3.8, 4) is 17.1 Å². The molecule has 2 aromatic rings. The number of aryl methyl sites for hydroxylation is 1. The molecule has 1 aromatic heterocycles. The second-order valence-corrected chi connectivity index (χ2v) is 6.60. The van der Waals surface area contributed by atoms with Crippen LogP contribution in [0.5, 0.6) is 5.75 Å². The number of carbonyl (C=O) groups excluding carboxylic acids is 1. The van der Waals surface area contributed by atoms with Gasteiger partial charge < -0.3 is 15.0 Å². The Labute approximate surface area is 154 Å². The van der Waals surface area contributed by atoms with Crippen molar-refractivity contribution in [1.29, 1.82) is 0 Å². The van der Waals surface area contributed by atoms with E-state index in [0.717, 1.165) is 5.56 Å². The lowest BCUT2D eigenvalue weighted by Gasteiger charge is -2.18. The van der Waals surface area contributed by atoms with Crippen LogP contribution in [0.3, 0.4) is 0 Å². The number of halogens is 3. The number of likely N-dealkylation sites (tertiary alicyclic amines) is 1. The van der Waals surface area contributed by atoms with Crippen molar-refractivity contribution in [2.45, 2.75) is 25.6 Å². The van der Waals surface area contributed by atoms with Gasteiger partial charge >= 0.3 is 6.18 Å². The summed E-state index contributed by atoms with van der Waals surface area (Å²) in [5.41, 5.74) is 1.60. The molecule has 1 aliphatic rings. The number of H-pyrrole nitrogens is 1. The molecule has 1 aliphatic heterocycles. The van der Waals surface area contributed by atoms with E-state index < -0.39 is 18.6 Å². The predicted octanol–water partition coefficient (Wildman–Crippen LogP) is 2.76. The zero-order valence-electron chi connectivity index (χ0n) is 15.1. The molecule has 6 nitrogen and oxygen atoms in total. The minimum Gasteiger partial charge on any atom is -0.497 e. The van der Waals surface area contributed by atoms with Crippen LogP contribution >= 0.6 is 0 Å². The molecule has 146 valence electrons. The minimum absolute atomic E-state index is 0.178. The SMILES string of the molecule is COc1cccc(-c2nc(C(=O)NC3CCN(CC(F)(F)F)C3)c(C)[nH]2)c1. The molecule has 1 atom stereocenters. The molecule has 0 saturated carbocycles. The summed E-state index contributed by atoms with van der Waals surface area (Å²) >= 11 is 0. The maximum atomic E-state index is 12.5. The molecular weight excluding hydrogens is 361 g/mol. The molecule has 9 heteroatoms. The van der Waals surface area contributed by atoms with Gasteiger partial charge in [-0.05, 0) is 25.5 Å². The van der Waals surface area contributed by atoms with Crippen LogP contribution < -0.4 is 10.1 Å². The first-order valence-electron chi connectivity index (χ1n) is 8.56. The van der Waals surface area contributed by atoms with Crippen molar-refractivity contribution in [1.82, 2.24) is 20.2 Å². The smallest absolute Gasteiger partial charge is 0.401 e. The topological polar surface area (TPSA) is 70.2 Å². The van der Waals surface area contributed by atoms with E-state index in [4.69, 9.17) is 4.74 Å². The maximum absolute atomic E-state index is 12.5. The summed E-state index contributed by atoms with van der Waals surface area (Å²) in [7, 11) is 1.56. The van der Waals surface area contributed by atoms with Crippen molar-refractivity contribution >= 4 is 5.91 Å². The summed E-state index contributed by atoms with van der Waals surface area (Å²) in [6.45, 7) is 1.26. The Morgan fingerprint density at radius 3 is 2.93 bits per heavy atom. The second-order valence-electron chi connectivity index (χ2n) is 6.60. The van der Waals surface area contributed by atoms with Gasteiger partial charge in [0.1, 0.15) is 17.3 Å². The number of nitrogens with one attached hydrogen (secondary N) is 2. The average molecular weight is 382 g/mol. The van der Waals surface area contributed by atoms with Crippen LogP contribution in [0.2, 0.25) is 0 Å². The Morgan fingerprint density at radius 1 is 1.44 bits per heavy atom. The third-order valence-corrected chi connectivity index (χ3v) is 4.45. The molecule has 3 rings (SSSR count). The van der Waals surface area contributed by atoms with Gasteiger partial charge in [-0.2, -0.15) is 13.2 Å². The quantitative estimate of drug-likeness (QED) is 0.834. The number of aromatic nitrogens is 2. The van der Waals surface area contributed by atoms with Crippen molar-refractivity contribution in [3.63, 3.8) is 0 Å². The van der Waals surface area contributed by atoms with Gasteiger partial charge in [-0.15, -0.1) is 0 Å². The molecule has 0 spiro atoms. The number of amides is 1. The van der Waals surface area contributed by atoms with Crippen molar-refractivity contribution < 1.29 is 22.7 Å². The van der Waals surface area contributed by atoms with Crippen LogP contribution in [0, 0.1) is 6.92 Å². The number of rotatable bonds is 5. The molecule has 1 amide bonds. The number of benzene rings is 1. The summed E-state index contributed by atoms with van der Waals surface area (Å²) < 4.78 is 42.6. The van der Waals surface area contributed by atoms with Gasteiger partial charge in [-0.1, -0.05) is 12.1 Å². The van der Waals surface area contributed by atoms with E-state index in [9.17, 15) is 18.0 Å². The Morgan fingerprint density at radius 2 is 2.22 bits per heavy atom. The molecule has 27 heavy (non-hydrogen) atoms. The molecule has 0 bridgehead atoms. The zero-order valence-corrected chi connectivity index (χ0v) is 15.1. The van der Waals surface area contributed by atoms with E-state index in [1.807, 2.05) is 12.1 Å². The van der Waals surface area contributed by atoms with E-state index >= 15 is 0 Å². The van der Waals surface area contributed by atoms with Gasteiger partial charge in [0.25, 0.3) is 5.91 Å². The van der Waals surface area contributed by atoms with Gasteiger partial charge in [-0.3, -0.25) is 9.69 Å². The fourth-order valence-corrected chi connectivity index (χ4v) is 3.19. The molecular formula is C18H21F3N4O2. The predicted molar refractivity (Wildman–Crippen MR) is 93.7 cm³/mol. The van der Waals surface area contributed by atoms with Gasteiger partial charge in [0.15, 0.2) is 0 Å². The molecule has 1 fully saturated rings. The van der Waals surface area contributed by atoms with Crippen LogP contribution in [0.25, 0.3) is 11.4 Å². The van der Waals surface area contributed by atoms with E-state index in [1.165, 1.54) is 4.90 Å². The van der Waals surface area contributed by atoms with E-state index in [1.54, 1.807) is 26.2 Å². The largest absolute Gasteiger partial charge is 0.497 e. The summed E-state index contributed by atoms with van der Waals surface area (Å²) in [4.78, 5) is 21.2. The van der Waals surface area contributed by atoms with Crippen LogP contribution in [-0.2, 0) is 0 Å². The molecule has 0 aliphatic carbocycles. The number of nitrogens with zero attached hydrogens (tertiary/aromatic N) is 2. The third-order valence-electron chi connectivity index (χ3n) is 4.45. The normalized spacial score (nSPS) is 17.9. The summed E-state index contributed by atoms with van der Waals surface area (Å²) in [5, 5.41) is 2.78. The van der Waals surface area contributed by atoms with Crippen LogP contribution in [0.15, 0.2) is 24.3 Å². The van der Waals surface area contributed by atoms with E-state index in [2.05, 4.69) is 15.3 Å². The Kier molecular flexibility index (Phi) is 5.41. The number of alkyl halides is 3. The summed E-state index contributed by atoms with van der Waals surface area (Å²) in [6.07, 6.45) is -3.75. The molecule has 0 radical (unpaired) electrons. The highest BCUT2D eigenvalue weighted by atomic mass is 19.4.